The van der Waals surface area contributed by atoms with Crippen molar-refractivity contribution >= 4 is 11.5 Å². The Labute approximate surface area is 123 Å². The molecule has 4 nitrogen and oxygen atoms in total. The highest BCUT2D eigenvalue weighted by Crippen LogP contribution is 2.24. The minimum atomic E-state index is -0.456. The summed E-state index contributed by atoms with van der Waals surface area (Å²) in [5.74, 6) is 0.499. The van der Waals surface area contributed by atoms with E-state index >= 15 is 0 Å². The van der Waals surface area contributed by atoms with E-state index in [9.17, 15) is 4.39 Å². The third-order valence-corrected chi connectivity index (χ3v) is 3.70. The van der Waals surface area contributed by atoms with Crippen molar-refractivity contribution in [2.24, 2.45) is 0 Å². The molecule has 2 heterocycles. The largest absolute Gasteiger partial charge is 0.367 e. The van der Waals surface area contributed by atoms with Gasteiger partial charge in [-0.2, -0.15) is 5.26 Å². The Morgan fingerprint density at radius 1 is 1.00 bits per heavy atom. The van der Waals surface area contributed by atoms with E-state index in [4.69, 9.17) is 5.26 Å². The molecule has 21 heavy (non-hydrogen) atoms. The van der Waals surface area contributed by atoms with E-state index in [-0.39, 0.29) is 5.56 Å². The summed E-state index contributed by atoms with van der Waals surface area (Å²) in [6.07, 6.45) is 1.78. The van der Waals surface area contributed by atoms with Crippen LogP contribution >= 0.6 is 0 Å². The Morgan fingerprint density at radius 3 is 2.43 bits per heavy atom. The van der Waals surface area contributed by atoms with E-state index in [1.165, 1.54) is 6.07 Å². The van der Waals surface area contributed by atoms with Gasteiger partial charge in [0.2, 0.25) is 0 Å². The number of pyridine rings is 1. The summed E-state index contributed by atoms with van der Waals surface area (Å²) < 4.78 is 13.7. The molecule has 1 aromatic heterocycles. The maximum atomic E-state index is 13.7. The fourth-order valence-electron chi connectivity index (χ4n) is 2.60. The van der Waals surface area contributed by atoms with Crippen molar-refractivity contribution in [3.63, 3.8) is 0 Å². The lowest BCUT2D eigenvalue weighted by Crippen LogP contribution is -2.47. The van der Waals surface area contributed by atoms with Crippen molar-refractivity contribution in [1.82, 2.24) is 4.98 Å². The second-order valence-electron chi connectivity index (χ2n) is 4.91. The van der Waals surface area contributed by atoms with Gasteiger partial charge in [-0.05, 0) is 24.3 Å². The highest BCUT2D eigenvalue weighted by atomic mass is 19.1. The number of nitrogens with zero attached hydrogens (tertiary/aromatic N) is 4. The molecule has 0 bridgehead atoms. The highest BCUT2D eigenvalue weighted by Gasteiger charge is 2.21. The highest BCUT2D eigenvalue weighted by molar-refractivity contribution is 5.60. The van der Waals surface area contributed by atoms with Crippen LogP contribution in [0.1, 0.15) is 5.56 Å². The number of halogens is 1. The number of piperazine rings is 1. The summed E-state index contributed by atoms with van der Waals surface area (Å²) in [4.78, 5) is 8.60. The third-order valence-electron chi connectivity index (χ3n) is 3.70. The van der Waals surface area contributed by atoms with Gasteiger partial charge in [0.25, 0.3) is 0 Å². The van der Waals surface area contributed by atoms with Crippen molar-refractivity contribution in [2.45, 2.75) is 0 Å². The first kappa shape index (κ1) is 13.4. The molecule has 1 aliphatic rings. The van der Waals surface area contributed by atoms with Gasteiger partial charge in [-0.3, -0.25) is 0 Å². The van der Waals surface area contributed by atoms with Gasteiger partial charge in [-0.15, -0.1) is 0 Å². The molecule has 1 aromatic carbocycles. The van der Waals surface area contributed by atoms with E-state index < -0.39 is 5.82 Å². The lowest BCUT2D eigenvalue weighted by molar-refractivity contribution is 0.615. The Balaban J connectivity index is 1.75. The predicted octanol–water partition coefficient (Wildman–Crippen LogP) is 2.42. The third kappa shape index (κ3) is 2.65. The number of hydrogen-bond acceptors (Lipinski definition) is 4. The molecule has 0 atom stereocenters. The first-order valence-electron chi connectivity index (χ1n) is 6.89. The van der Waals surface area contributed by atoms with Crippen LogP contribution in [0.15, 0.2) is 42.6 Å². The van der Waals surface area contributed by atoms with E-state index in [0.29, 0.717) is 5.69 Å². The van der Waals surface area contributed by atoms with Gasteiger partial charge < -0.3 is 9.80 Å². The Kier molecular flexibility index (Phi) is 3.69. The molecule has 3 rings (SSSR count). The fourth-order valence-corrected chi connectivity index (χ4v) is 2.60. The lowest BCUT2D eigenvalue weighted by atomic mass is 10.1. The van der Waals surface area contributed by atoms with Gasteiger partial charge in [0.05, 0.1) is 5.69 Å². The van der Waals surface area contributed by atoms with Gasteiger partial charge in [0.15, 0.2) is 0 Å². The lowest BCUT2D eigenvalue weighted by Gasteiger charge is -2.37. The Morgan fingerprint density at radius 2 is 1.76 bits per heavy atom. The molecule has 1 aliphatic heterocycles. The molecule has 0 radical (unpaired) electrons. The first-order valence-corrected chi connectivity index (χ1v) is 6.89. The molecular formula is C16H15FN4. The maximum Gasteiger partial charge on any atom is 0.143 e. The van der Waals surface area contributed by atoms with Crippen LogP contribution in [0, 0.1) is 17.1 Å². The molecule has 2 aromatic rings. The molecule has 0 amide bonds. The average Bonchev–Trinajstić information content (AvgIpc) is 2.55. The SMILES string of the molecule is N#Cc1c(F)cccc1N1CCN(c2ccccn2)CC1. The normalized spacial score (nSPS) is 14.9. The van der Waals surface area contributed by atoms with Crippen LogP contribution in [0.5, 0.6) is 0 Å². The van der Waals surface area contributed by atoms with Crippen molar-refractivity contribution in [1.29, 1.82) is 5.26 Å². The average molecular weight is 282 g/mol. The molecular weight excluding hydrogens is 267 g/mol. The van der Waals surface area contributed by atoms with Crippen molar-refractivity contribution in [3.8, 4) is 6.07 Å². The first-order chi connectivity index (χ1) is 10.3. The number of benzene rings is 1. The maximum absolute atomic E-state index is 13.7. The summed E-state index contributed by atoms with van der Waals surface area (Å²) in [5, 5.41) is 9.12. The summed E-state index contributed by atoms with van der Waals surface area (Å²) in [7, 11) is 0. The van der Waals surface area contributed by atoms with E-state index in [1.807, 2.05) is 24.3 Å². The van der Waals surface area contributed by atoms with Crippen LogP contribution in [0.3, 0.4) is 0 Å². The fraction of sp³-hybridized carbons (Fsp3) is 0.250. The molecule has 0 unspecified atom stereocenters. The van der Waals surface area contributed by atoms with Crippen LogP contribution in [0.25, 0.3) is 0 Å². The molecule has 0 spiro atoms. The van der Waals surface area contributed by atoms with Crippen LogP contribution in [-0.2, 0) is 0 Å². The summed E-state index contributed by atoms with van der Waals surface area (Å²) in [5.41, 5.74) is 0.807. The van der Waals surface area contributed by atoms with Gasteiger partial charge in [-0.25, -0.2) is 9.37 Å². The minimum absolute atomic E-state index is 0.129. The van der Waals surface area contributed by atoms with Gasteiger partial charge in [0.1, 0.15) is 23.3 Å². The second-order valence-corrected chi connectivity index (χ2v) is 4.91. The molecule has 5 heteroatoms. The van der Waals surface area contributed by atoms with Crippen molar-refractivity contribution < 1.29 is 4.39 Å². The monoisotopic (exact) mass is 282 g/mol. The summed E-state index contributed by atoms with van der Waals surface area (Å²) >= 11 is 0. The Bertz CT molecular complexity index is 658. The van der Waals surface area contributed by atoms with E-state index in [0.717, 1.165) is 32.0 Å². The topological polar surface area (TPSA) is 43.2 Å². The van der Waals surface area contributed by atoms with Gasteiger partial charge in [-0.1, -0.05) is 12.1 Å². The minimum Gasteiger partial charge on any atom is -0.367 e. The molecule has 106 valence electrons. The zero-order valence-electron chi connectivity index (χ0n) is 11.5. The number of aromatic nitrogens is 1. The zero-order chi connectivity index (χ0) is 14.7. The predicted molar refractivity (Wildman–Crippen MR) is 79.8 cm³/mol. The number of nitriles is 1. The molecule has 1 fully saturated rings. The molecule has 0 aliphatic carbocycles. The van der Waals surface area contributed by atoms with Crippen LogP contribution < -0.4 is 9.80 Å². The van der Waals surface area contributed by atoms with Crippen LogP contribution in [0.4, 0.5) is 15.9 Å². The van der Waals surface area contributed by atoms with Crippen molar-refractivity contribution in [2.75, 3.05) is 36.0 Å². The number of anilines is 2. The number of hydrogen-bond donors (Lipinski definition) is 0. The molecule has 0 N–H and O–H groups in total. The van der Waals surface area contributed by atoms with E-state index in [2.05, 4.69) is 14.8 Å². The Hall–Kier alpha value is -2.61. The van der Waals surface area contributed by atoms with E-state index in [1.54, 1.807) is 18.3 Å². The van der Waals surface area contributed by atoms with Crippen LogP contribution in [0.2, 0.25) is 0 Å². The molecule has 0 saturated carbocycles. The quantitative estimate of drug-likeness (QED) is 0.848. The smallest absolute Gasteiger partial charge is 0.143 e. The zero-order valence-corrected chi connectivity index (χ0v) is 11.5. The summed E-state index contributed by atoms with van der Waals surface area (Å²) in [6.45, 7) is 3.10. The van der Waals surface area contributed by atoms with Gasteiger partial charge >= 0.3 is 0 Å². The number of rotatable bonds is 2. The summed E-state index contributed by atoms with van der Waals surface area (Å²) in [6, 6.07) is 12.6. The van der Waals surface area contributed by atoms with Gasteiger partial charge in [0, 0.05) is 32.4 Å². The standard InChI is InChI=1S/C16H15FN4/c17-14-4-3-5-15(13(14)12-18)20-8-10-21(11-9-20)16-6-1-2-7-19-16/h1-7H,8-11H2. The second kappa shape index (κ2) is 5.80. The van der Waals surface area contributed by atoms with Crippen molar-refractivity contribution in [3.05, 3.63) is 54.0 Å². The van der Waals surface area contributed by atoms with Crippen LogP contribution in [-0.4, -0.2) is 31.2 Å². The molecule has 1 saturated heterocycles.